The number of carbonyl (C=O) groups is 1. The van der Waals surface area contributed by atoms with Gasteiger partial charge in [-0.2, -0.15) is 0 Å². The summed E-state index contributed by atoms with van der Waals surface area (Å²) in [5.41, 5.74) is 4.81. The summed E-state index contributed by atoms with van der Waals surface area (Å²) in [7, 11) is 0. The first-order valence-electron chi connectivity index (χ1n) is 3.95. The van der Waals surface area contributed by atoms with Crippen LogP contribution < -0.4 is 57.1 Å². The standard InChI is InChI=1S/C6H13BF3N2O.K/c1-5(2)12(3-6(11)13)4-7(8,9)10;/h5H,3-4H2,1-2H3,(H2,11,13);/q-1;+1. The number of halogens is 3. The fourth-order valence-corrected chi connectivity index (χ4v) is 0.924. The number of hydrogen-bond donors (Lipinski definition) is 1. The molecule has 0 unspecified atom stereocenters. The third kappa shape index (κ3) is 9.48. The summed E-state index contributed by atoms with van der Waals surface area (Å²) < 4.78 is 36.0. The van der Waals surface area contributed by atoms with Crippen LogP contribution in [0.15, 0.2) is 0 Å². The number of primary amides is 1. The van der Waals surface area contributed by atoms with Crippen molar-refractivity contribution in [3.63, 3.8) is 0 Å². The van der Waals surface area contributed by atoms with E-state index in [1.165, 1.54) is 0 Å². The SMILES string of the molecule is CC(C)N(CC(N)=O)C[B-](F)(F)F.[K+]. The van der Waals surface area contributed by atoms with Crippen LogP contribution in [0.1, 0.15) is 13.8 Å². The molecule has 0 atom stereocenters. The van der Waals surface area contributed by atoms with E-state index in [-0.39, 0.29) is 64.0 Å². The summed E-state index contributed by atoms with van der Waals surface area (Å²) in [6, 6.07) is -0.337. The van der Waals surface area contributed by atoms with Crippen molar-refractivity contribution in [2.45, 2.75) is 19.9 Å². The molecule has 0 heterocycles. The van der Waals surface area contributed by atoms with E-state index in [1.807, 2.05) is 0 Å². The van der Waals surface area contributed by atoms with Crippen molar-refractivity contribution >= 4 is 12.9 Å². The fourth-order valence-electron chi connectivity index (χ4n) is 0.924. The molecule has 14 heavy (non-hydrogen) atoms. The molecule has 3 nitrogen and oxygen atoms in total. The summed E-state index contributed by atoms with van der Waals surface area (Å²) in [6.07, 6.45) is -1.04. The Hall–Kier alpha value is 0.921. The number of carbonyl (C=O) groups excluding carboxylic acids is 1. The van der Waals surface area contributed by atoms with Gasteiger partial charge < -0.3 is 23.6 Å². The minimum absolute atomic E-state index is 0. The summed E-state index contributed by atoms with van der Waals surface area (Å²) in [6.45, 7) is -2.07. The largest absolute Gasteiger partial charge is 1.00 e. The normalized spacial score (nSPS) is 11.6. The van der Waals surface area contributed by atoms with Crippen LogP contribution in [-0.4, -0.2) is 36.8 Å². The molecule has 0 aliphatic carbocycles. The van der Waals surface area contributed by atoms with Gasteiger partial charge in [0.05, 0.1) is 6.54 Å². The second-order valence-corrected chi connectivity index (χ2v) is 3.20. The smallest absolute Gasteiger partial charge is 0.448 e. The Kier molecular flexibility index (Phi) is 8.95. The van der Waals surface area contributed by atoms with Gasteiger partial charge in [-0.15, -0.1) is 0 Å². The zero-order valence-corrected chi connectivity index (χ0v) is 11.8. The Morgan fingerprint density at radius 1 is 1.43 bits per heavy atom. The quantitative estimate of drug-likeness (QED) is 0.540. The second-order valence-electron chi connectivity index (χ2n) is 3.20. The molecule has 0 aliphatic heterocycles. The van der Waals surface area contributed by atoms with Gasteiger partial charge in [0.1, 0.15) is 0 Å². The van der Waals surface area contributed by atoms with Gasteiger partial charge in [-0.05, 0) is 20.3 Å². The van der Waals surface area contributed by atoms with E-state index < -0.39 is 19.3 Å². The van der Waals surface area contributed by atoms with Crippen molar-refractivity contribution in [2.24, 2.45) is 5.73 Å². The van der Waals surface area contributed by atoms with Crippen LogP contribution in [0.2, 0.25) is 0 Å². The van der Waals surface area contributed by atoms with Crippen molar-refractivity contribution in [3.8, 4) is 0 Å². The van der Waals surface area contributed by atoms with Gasteiger partial charge in [0, 0.05) is 6.04 Å². The maximum absolute atomic E-state index is 12.0. The van der Waals surface area contributed by atoms with Crippen LogP contribution >= 0.6 is 0 Å². The maximum atomic E-state index is 12.0. The molecule has 0 radical (unpaired) electrons. The van der Waals surface area contributed by atoms with E-state index >= 15 is 0 Å². The predicted octanol–water partition coefficient (Wildman–Crippen LogP) is -2.43. The van der Waals surface area contributed by atoms with Crippen LogP contribution in [0.3, 0.4) is 0 Å². The molecule has 0 rings (SSSR count). The molecule has 0 saturated heterocycles. The summed E-state index contributed by atoms with van der Waals surface area (Å²) in [4.78, 5) is 11.4. The molecule has 0 saturated carbocycles. The Morgan fingerprint density at radius 2 is 1.86 bits per heavy atom. The minimum Gasteiger partial charge on any atom is -0.448 e. The van der Waals surface area contributed by atoms with E-state index in [0.717, 1.165) is 4.90 Å². The van der Waals surface area contributed by atoms with Crippen molar-refractivity contribution in [3.05, 3.63) is 0 Å². The molecule has 0 fully saturated rings. The summed E-state index contributed by atoms with van der Waals surface area (Å²) in [5, 5.41) is 0. The topological polar surface area (TPSA) is 46.3 Å². The molecule has 0 spiro atoms. The molecule has 0 aliphatic rings. The molecule has 0 aromatic carbocycles. The number of nitrogens with zero attached hydrogens (tertiary/aromatic N) is 1. The van der Waals surface area contributed by atoms with E-state index in [1.54, 1.807) is 13.8 Å². The zero-order valence-electron chi connectivity index (χ0n) is 8.64. The molecular formula is C6H13BF3KN2O. The molecule has 0 aromatic rings. The predicted molar refractivity (Wildman–Crippen MR) is 45.0 cm³/mol. The number of amides is 1. The van der Waals surface area contributed by atoms with Gasteiger partial charge >= 0.3 is 58.4 Å². The van der Waals surface area contributed by atoms with Crippen molar-refractivity contribution < 1.29 is 69.1 Å². The maximum Gasteiger partial charge on any atom is 1.00 e. The van der Waals surface area contributed by atoms with E-state index in [0.29, 0.717) is 0 Å². The molecule has 0 aromatic heterocycles. The second kappa shape index (κ2) is 7.24. The first kappa shape index (κ1) is 17.3. The Labute approximate surface area is 124 Å². The van der Waals surface area contributed by atoms with Crippen molar-refractivity contribution in [2.75, 3.05) is 13.0 Å². The third-order valence-corrected chi connectivity index (χ3v) is 1.53. The average Bonchev–Trinajstić information content (AvgIpc) is 1.81. The Balaban J connectivity index is 0. The molecule has 8 heteroatoms. The first-order valence-corrected chi connectivity index (χ1v) is 3.95. The van der Waals surface area contributed by atoms with Crippen LogP contribution in [-0.2, 0) is 4.79 Å². The Bertz CT molecular complexity index is 188. The van der Waals surface area contributed by atoms with Crippen LogP contribution in [0, 0.1) is 0 Å². The summed E-state index contributed by atoms with van der Waals surface area (Å²) in [5.74, 6) is -0.742. The zero-order chi connectivity index (χ0) is 10.6. The molecule has 0 bridgehead atoms. The van der Waals surface area contributed by atoms with E-state index in [4.69, 9.17) is 5.73 Å². The van der Waals surface area contributed by atoms with E-state index in [2.05, 4.69) is 0 Å². The van der Waals surface area contributed by atoms with Crippen LogP contribution in [0.5, 0.6) is 0 Å². The van der Waals surface area contributed by atoms with Gasteiger partial charge in [0.15, 0.2) is 0 Å². The minimum atomic E-state index is -4.89. The van der Waals surface area contributed by atoms with Crippen LogP contribution in [0.25, 0.3) is 0 Å². The third-order valence-electron chi connectivity index (χ3n) is 1.53. The molecule has 2 N–H and O–H groups in total. The van der Waals surface area contributed by atoms with Crippen molar-refractivity contribution in [1.29, 1.82) is 0 Å². The first-order chi connectivity index (χ1) is 5.72. The van der Waals surface area contributed by atoms with Gasteiger partial charge in [-0.1, -0.05) is 0 Å². The van der Waals surface area contributed by atoms with E-state index in [9.17, 15) is 17.7 Å². The van der Waals surface area contributed by atoms with Gasteiger partial charge in [0.25, 0.3) is 0 Å². The van der Waals surface area contributed by atoms with Gasteiger partial charge in [-0.25, -0.2) is 0 Å². The Morgan fingerprint density at radius 3 is 2.07 bits per heavy atom. The number of nitrogens with two attached hydrogens (primary N) is 1. The molecular weight excluding hydrogens is 223 g/mol. The average molecular weight is 236 g/mol. The van der Waals surface area contributed by atoms with Crippen molar-refractivity contribution in [1.82, 2.24) is 4.90 Å². The number of rotatable bonds is 5. The monoisotopic (exact) mass is 236 g/mol. The molecule has 78 valence electrons. The van der Waals surface area contributed by atoms with Gasteiger partial charge in [0.2, 0.25) is 5.91 Å². The fraction of sp³-hybridized carbons (Fsp3) is 0.833. The van der Waals surface area contributed by atoms with Crippen LogP contribution in [0.4, 0.5) is 12.9 Å². The summed E-state index contributed by atoms with van der Waals surface area (Å²) >= 11 is 0. The molecule has 1 amide bonds. The number of hydrogen-bond acceptors (Lipinski definition) is 2. The van der Waals surface area contributed by atoms with Gasteiger partial charge in [-0.3, -0.25) is 4.79 Å².